The molecular formula is C25H16N2O2. The Balaban J connectivity index is 1.88. The molecule has 0 unspecified atom stereocenters. The number of pyridine rings is 2. The van der Waals surface area contributed by atoms with Gasteiger partial charge in [-0.05, 0) is 29.8 Å². The molecular weight excluding hydrogens is 360 g/mol. The molecule has 0 N–H and O–H groups in total. The number of hydrogen-bond donors (Lipinski definition) is 0. The maximum Gasteiger partial charge on any atom is 0.263 e. The van der Waals surface area contributed by atoms with Crippen LogP contribution in [0.1, 0.15) is 0 Å². The monoisotopic (exact) mass is 376 g/mol. The fourth-order valence-corrected chi connectivity index (χ4v) is 4.39. The molecule has 29 heavy (non-hydrogen) atoms. The number of benzene rings is 3. The number of nitrogens with zero attached hydrogens (tertiary/aromatic N) is 2. The highest BCUT2D eigenvalue weighted by molar-refractivity contribution is 6.22. The van der Waals surface area contributed by atoms with Crippen LogP contribution in [0.5, 0.6) is 5.75 Å². The summed E-state index contributed by atoms with van der Waals surface area (Å²) in [5.41, 5.74) is 4.68. The van der Waals surface area contributed by atoms with Crippen LogP contribution in [0.3, 0.4) is 0 Å². The molecule has 6 aromatic rings. The van der Waals surface area contributed by atoms with Gasteiger partial charge in [-0.2, -0.15) is 0 Å². The van der Waals surface area contributed by atoms with Crippen LogP contribution in [0, 0.1) is 0 Å². The van der Waals surface area contributed by atoms with E-state index in [1.54, 1.807) is 7.11 Å². The number of hydrogen-bond acceptors (Lipinski definition) is 3. The Kier molecular flexibility index (Phi) is 3.21. The second-order valence-corrected chi connectivity index (χ2v) is 7.18. The standard InChI is InChI=1S/C25H16N2O2/c1-29-16-12-10-15(11-13-16)20-14-26-23-17-6-2-3-7-18(17)25(28)27-21-9-5-4-8-19(21)22(20)24(23)27/h2-14H,1H3. The minimum atomic E-state index is -0.00650. The van der Waals surface area contributed by atoms with Crippen molar-refractivity contribution in [3.63, 3.8) is 0 Å². The van der Waals surface area contributed by atoms with Crippen molar-refractivity contribution in [1.82, 2.24) is 9.38 Å². The lowest BCUT2D eigenvalue weighted by atomic mass is 10.00. The molecule has 0 amide bonds. The highest BCUT2D eigenvalue weighted by Gasteiger charge is 2.20. The molecule has 0 saturated carbocycles. The van der Waals surface area contributed by atoms with Crippen LogP contribution >= 0.6 is 0 Å². The molecule has 4 heteroatoms. The first-order valence-corrected chi connectivity index (χ1v) is 9.48. The van der Waals surface area contributed by atoms with E-state index < -0.39 is 0 Å². The van der Waals surface area contributed by atoms with Gasteiger partial charge in [0, 0.05) is 33.3 Å². The molecule has 4 nitrogen and oxygen atoms in total. The number of rotatable bonds is 2. The molecule has 138 valence electrons. The van der Waals surface area contributed by atoms with Crippen molar-refractivity contribution in [2.24, 2.45) is 0 Å². The van der Waals surface area contributed by atoms with Gasteiger partial charge in [-0.3, -0.25) is 14.2 Å². The van der Waals surface area contributed by atoms with Gasteiger partial charge in [0.1, 0.15) is 5.75 Å². The Bertz CT molecular complexity index is 1600. The first-order chi connectivity index (χ1) is 14.3. The SMILES string of the molecule is COc1ccc(-c2cnc3c4ccccc4c(=O)n4c5ccccc5c2c34)cc1. The topological polar surface area (TPSA) is 43.6 Å². The minimum absolute atomic E-state index is 0.00650. The quantitative estimate of drug-likeness (QED) is 0.387. The molecule has 0 aliphatic heterocycles. The lowest BCUT2D eigenvalue weighted by Gasteiger charge is -2.09. The Morgan fingerprint density at radius 1 is 0.828 bits per heavy atom. The van der Waals surface area contributed by atoms with Gasteiger partial charge < -0.3 is 4.74 Å². The van der Waals surface area contributed by atoms with Gasteiger partial charge in [-0.25, -0.2) is 0 Å². The van der Waals surface area contributed by atoms with E-state index in [2.05, 4.69) is 6.07 Å². The van der Waals surface area contributed by atoms with Gasteiger partial charge >= 0.3 is 0 Å². The van der Waals surface area contributed by atoms with Crippen molar-refractivity contribution >= 4 is 38.1 Å². The van der Waals surface area contributed by atoms with Crippen LogP contribution in [0.15, 0.2) is 83.8 Å². The van der Waals surface area contributed by atoms with Crippen molar-refractivity contribution in [3.05, 3.63) is 89.3 Å². The Morgan fingerprint density at radius 2 is 1.52 bits per heavy atom. The summed E-state index contributed by atoms with van der Waals surface area (Å²) < 4.78 is 7.12. The van der Waals surface area contributed by atoms with Crippen LogP contribution in [-0.4, -0.2) is 16.5 Å². The van der Waals surface area contributed by atoms with Crippen LogP contribution in [-0.2, 0) is 0 Å². The second-order valence-electron chi connectivity index (χ2n) is 7.18. The summed E-state index contributed by atoms with van der Waals surface area (Å²) in [5, 5.41) is 3.68. The summed E-state index contributed by atoms with van der Waals surface area (Å²) >= 11 is 0. The molecule has 0 spiro atoms. The zero-order valence-corrected chi connectivity index (χ0v) is 15.7. The van der Waals surface area contributed by atoms with Gasteiger partial charge in [0.25, 0.3) is 5.56 Å². The van der Waals surface area contributed by atoms with Crippen LogP contribution < -0.4 is 10.3 Å². The van der Waals surface area contributed by atoms with Crippen molar-refractivity contribution < 1.29 is 4.74 Å². The number of aromatic nitrogens is 2. The van der Waals surface area contributed by atoms with Crippen LogP contribution in [0.25, 0.3) is 49.2 Å². The average molecular weight is 376 g/mol. The van der Waals surface area contributed by atoms with E-state index in [9.17, 15) is 4.79 Å². The molecule has 0 bridgehead atoms. The third-order valence-corrected chi connectivity index (χ3v) is 5.71. The Labute approximate surface area is 166 Å². The van der Waals surface area contributed by atoms with Crippen molar-refractivity contribution in [2.75, 3.05) is 7.11 Å². The predicted octanol–water partition coefficient (Wildman–Crippen LogP) is 5.27. The number of fused-ring (bicyclic) bond motifs is 5. The number of methoxy groups -OCH3 is 1. The maximum absolute atomic E-state index is 13.4. The Hall–Kier alpha value is -3.92. The zero-order chi connectivity index (χ0) is 19.5. The summed E-state index contributed by atoms with van der Waals surface area (Å²) in [6, 6.07) is 23.7. The van der Waals surface area contributed by atoms with Gasteiger partial charge in [0.05, 0.1) is 23.7 Å². The van der Waals surface area contributed by atoms with Crippen LogP contribution in [0.4, 0.5) is 0 Å². The minimum Gasteiger partial charge on any atom is -0.497 e. The maximum atomic E-state index is 13.4. The van der Waals surface area contributed by atoms with E-state index in [0.717, 1.165) is 49.6 Å². The zero-order valence-electron chi connectivity index (χ0n) is 15.7. The van der Waals surface area contributed by atoms with E-state index in [-0.39, 0.29) is 5.56 Å². The second kappa shape index (κ2) is 5.79. The number of para-hydroxylation sites is 1. The van der Waals surface area contributed by atoms with Crippen molar-refractivity contribution in [1.29, 1.82) is 0 Å². The fraction of sp³-hybridized carbons (Fsp3) is 0.0400. The smallest absolute Gasteiger partial charge is 0.263 e. The first-order valence-electron chi connectivity index (χ1n) is 9.48. The normalized spacial score (nSPS) is 11.8. The molecule has 0 fully saturated rings. The molecule has 0 atom stereocenters. The fourth-order valence-electron chi connectivity index (χ4n) is 4.39. The lowest BCUT2D eigenvalue weighted by Crippen LogP contribution is -2.13. The Morgan fingerprint density at radius 3 is 2.28 bits per heavy atom. The summed E-state index contributed by atoms with van der Waals surface area (Å²) in [4.78, 5) is 18.2. The van der Waals surface area contributed by atoms with Gasteiger partial charge in [0.2, 0.25) is 0 Å². The summed E-state index contributed by atoms with van der Waals surface area (Å²) in [7, 11) is 1.66. The van der Waals surface area contributed by atoms with Gasteiger partial charge in [-0.15, -0.1) is 0 Å². The molecule has 3 heterocycles. The highest BCUT2D eigenvalue weighted by Crippen LogP contribution is 2.39. The lowest BCUT2D eigenvalue weighted by molar-refractivity contribution is 0.415. The van der Waals surface area contributed by atoms with Gasteiger partial charge in [-0.1, -0.05) is 48.5 Å². The third-order valence-electron chi connectivity index (χ3n) is 5.71. The predicted molar refractivity (Wildman–Crippen MR) is 117 cm³/mol. The molecule has 0 radical (unpaired) electrons. The third kappa shape index (κ3) is 2.08. The van der Waals surface area contributed by atoms with E-state index >= 15 is 0 Å². The highest BCUT2D eigenvalue weighted by atomic mass is 16.5. The van der Waals surface area contributed by atoms with E-state index in [4.69, 9.17) is 9.72 Å². The van der Waals surface area contributed by atoms with E-state index in [0.29, 0.717) is 5.39 Å². The van der Waals surface area contributed by atoms with Crippen molar-refractivity contribution in [3.8, 4) is 16.9 Å². The van der Waals surface area contributed by atoms with E-state index in [1.165, 1.54) is 0 Å². The molecule has 3 aromatic carbocycles. The summed E-state index contributed by atoms with van der Waals surface area (Å²) in [6.07, 6.45) is 1.92. The molecule has 0 aliphatic rings. The summed E-state index contributed by atoms with van der Waals surface area (Å²) in [5.74, 6) is 0.808. The van der Waals surface area contributed by atoms with Gasteiger partial charge in [0.15, 0.2) is 0 Å². The largest absolute Gasteiger partial charge is 0.497 e. The molecule has 0 saturated heterocycles. The number of ether oxygens (including phenoxy) is 1. The van der Waals surface area contributed by atoms with Crippen LogP contribution in [0.2, 0.25) is 0 Å². The van der Waals surface area contributed by atoms with E-state index in [1.807, 2.05) is 77.3 Å². The molecule has 3 aromatic heterocycles. The summed E-state index contributed by atoms with van der Waals surface area (Å²) in [6.45, 7) is 0. The molecule has 6 rings (SSSR count). The van der Waals surface area contributed by atoms with Crippen molar-refractivity contribution in [2.45, 2.75) is 0 Å². The first kappa shape index (κ1) is 16.1. The average Bonchev–Trinajstić information content (AvgIpc) is 3.13. The molecule has 0 aliphatic carbocycles.